The SMILES string of the molecule is CCC(C)NC(=O)c1ccc2c(c1)sc1nc(-c3ccccc3)cn12. The Morgan fingerprint density at radius 1 is 1.24 bits per heavy atom. The number of carbonyl (C=O) groups excluding carboxylic acids is 1. The van der Waals surface area contributed by atoms with Crippen molar-refractivity contribution in [1.82, 2.24) is 14.7 Å². The molecule has 1 N–H and O–H groups in total. The van der Waals surface area contributed by atoms with E-state index in [2.05, 4.69) is 35.0 Å². The zero-order chi connectivity index (χ0) is 17.4. The van der Waals surface area contributed by atoms with E-state index < -0.39 is 0 Å². The van der Waals surface area contributed by atoms with Crippen LogP contribution >= 0.6 is 11.3 Å². The lowest BCUT2D eigenvalue weighted by Crippen LogP contribution is -2.31. The van der Waals surface area contributed by atoms with Gasteiger partial charge in [-0.2, -0.15) is 0 Å². The summed E-state index contributed by atoms with van der Waals surface area (Å²) in [5.41, 5.74) is 3.85. The van der Waals surface area contributed by atoms with Gasteiger partial charge in [0, 0.05) is 23.4 Å². The molecule has 0 aliphatic heterocycles. The van der Waals surface area contributed by atoms with Gasteiger partial charge in [0.2, 0.25) is 0 Å². The molecular formula is C20H19N3OS. The van der Waals surface area contributed by atoms with Crippen molar-refractivity contribution in [2.75, 3.05) is 0 Å². The molecule has 0 radical (unpaired) electrons. The second-order valence-electron chi connectivity index (χ2n) is 6.21. The summed E-state index contributed by atoms with van der Waals surface area (Å²) >= 11 is 1.61. The second-order valence-corrected chi connectivity index (χ2v) is 7.22. The average Bonchev–Trinajstić information content (AvgIpc) is 3.19. The third-order valence-corrected chi connectivity index (χ3v) is 5.43. The third-order valence-electron chi connectivity index (χ3n) is 4.42. The first kappa shape index (κ1) is 15.8. The molecule has 0 fully saturated rings. The van der Waals surface area contributed by atoms with Gasteiger partial charge in [-0.05, 0) is 31.5 Å². The van der Waals surface area contributed by atoms with Crippen LogP contribution in [0.2, 0.25) is 0 Å². The van der Waals surface area contributed by atoms with Crippen molar-refractivity contribution in [1.29, 1.82) is 0 Å². The van der Waals surface area contributed by atoms with Crippen LogP contribution < -0.4 is 5.32 Å². The first-order valence-corrected chi connectivity index (χ1v) is 9.25. The molecule has 1 unspecified atom stereocenters. The summed E-state index contributed by atoms with van der Waals surface area (Å²) in [5, 5.41) is 3.01. The largest absolute Gasteiger partial charge is 0.350 e. The van der Waals surface area contributed by atoms with Crippen molar-refractivity contribution < 1.29 is 4.79 Å². The molecule has 126 valence electrons. The number of thiazole rings is 1. The number of nitrogens with zero attached hydrogens (tertiary/aromatic N) is 2. The summed E-state index contributed by atoms with van der Waals surface area (Å²) < 4.78 is 3.16. The van der Waals surface area contributed by atoms with Crippen LogP contribution in [0.1, 0.15) is 30.6 Å². The molecule has 0 aliphatic rings. The molecule has 0 aliphatic carbocycles. The highest BCUT2D eigenvalue weighted by Crippen LogP contribution is 2.30. The Balaban J connectivity index is 1.72. The van der Waals surface area contributed by atoms with Gasteiger partial charge in [0.15, 0.2) is 4.96 Å². The van der Waals surface area contributed by atoms with Crippen LogP contribution in [-0.2, 0) is 0 Å². The summed E-state index contributed by atoms with van der Waals surface area (Å²) in [6.45, 7) is 4.08. The fourth-order valence-electron chi connectivity index (χ4n) is 2.80. The number of hydrogen-bond acceptors (Lipinski definition) is 3. The van der Waals surface area contributed by atoms with E-state index in [-0.39, 0.29) is 11.9 Å². The van der Waals surface area contributed by atoms with Crippen molar-refractivity contribution in [2.45, 2.75) is 26.3 Å². The standard InChI is InChI=1S/C20H19N3OS/c1-3-13(2)21-19(24)15-9-10-17-18(11-15)25-20-22-16(12-23(17)20)14-7-5-4-6-8-14/h4-13H,3H2,1-2H3,(H,21,24). The number of benzene rings is 2. The van der Waals surface area contributed by atoms with Crippen molar-refractivity contribution in [2.24, 2.45) is 0 Å². The van der Waals surface area contributed by atoms with E-state index in [1.165, 1.54) is 0 Å². The van der Waals surface area contributed by atoms with Gasteiger partial charge in [-0.25, -0.2) is 4.98 Å². The van der Waals surface area contributed by atoms with Crippen molar-refractivity contribution in [3.05, 3.63) is 60.3 Å². The number of rotatable bonds is 4. The van der Waals surface area contributed by atoms with E-state index in [4.69, 9.17) is 4.98 Å². The Morgan fingerprint density at radius 2 is 2.04 bits per heavy atom. The quantitative estimate of drug-likeness (QED) is 0.578. The summed E-state index contributed by atoms with van der Waals surface area (Å²) in [4.78, 5) is 18.0. The molecule has 5 heteroatoms. The van der Waals surface area contributed by atoms with Gasteiger partial charge >= 0.3 is 0 Å². The lowest BCUT2D eigenvalue weighted by Gasteiger charge is -2.11. The number of amides is 1. The van der Waals surface area contributed by atoms with Crippen molar-refractivity contribution in [3.63, 3.8) is 0 Å². The van der Waals surface area contributed by atoms with Crippen LogP contribution in [0.25, 0.3) is 26.4 Å². The molecule has 4 aromatic rings. The van der Waals surface area contributed by atoms with Crippen LogP contribution in [0.4, 0.5) is 0 Å². The summed E-state index contributed by atoms with van der Waals surface area (Å²) in [6, 6.07) is 16.2. The maximum absolute atomic E-state index is 12.3. The fraction of sp³-hybridized carbons (Fsp3) is 0.200. The number of aromatic nitrogens is 2. The van der Waals surface area contributed by atoms with Crippen molar-refractivity contribution in [3.8, 4) is 11.3 Å². The molecule has 4 nitrogen and oxygen atoms in total. The third kappa shape index (κ3) is 2.91. The summed E-state index contributed by atoms with van der Waals surface area (Å²) in [6.07, 6.45) is 2.98. The zero-order valence-corrected chi connectivity index (χ0v) is 15.0. The maximum atomic E-state index is 12.3. The first-order valence-electron chi connectivity index (χ1n) is 8.43. The number of carbonyl (C=O) groups is 1. The molecule has 25 heavy (non-hydrogen) atoms. The number of fused-ring (bicyclic) bond motifs is 3. The average molecular weight is 349 g/mol. The van der Waals surface area contributed by atoms with E-state index in [0.29, 0.717) is 5.56 Å². The monoisotopic (exact) mass is 349 g/mol. The van der Waals surface area contributed by atoms with Gasteiger partial charge in [-0.15, -0.1) is 0 Å². The molecule has 0 bridgehead atoms. The Morgan fingerprint density at radius 3 is 2.80 bits per heavy atom. The number of nitrogens with one attached hydrogen (secondary N) is 1. The normalized spacial score (nSPS) is 12.6. The molecule has 2 heterocycles. The van der Waals surface area contributed by atoms with Gasteiger partial charge in [0.25, 0.3) is 5.91 Å². The fourth-order valence-corrected chi connectivity index (χ4v) is 3.85. The van der Waals surface area contributed by atoms with Crippen LogP contribution in [-0.4, -0.2) is 21.3 Å². The number of imidazole rings is 1. The van der Waals surface area contributed by atoms with Crippen molar-refractivity contribution >= 4 is 32.4 Å². The molecule has 4 rings (SSSR count). The Hall–Kier alpha value is -2.66. The van der Waals surface area contributed by atoms with Gasteiger partial charge in [-0.3, -0.25) is 9.20 Å². The minimum Gasteiger partial charge on any atom is -0.350 e. The summed E-state index contributed by atoms with van der Waals surface area (Å²) in [5.74, 6) is -0.0211. The number of hydrogen-bond donors (Lipinski definition) is 1. The minimum absolute atomic E-state index is 0.0211. The highest BCUT2D eigenvalue weighted by molar-refractivity contribution is 7.23. The maximum Gasteiger partial charge on any atom is 0.251 e. The van der Waals surface area contributed by atoms with E-state index in [0.717, 1.165) is 32.9 Å². The Labute approximate surface area is 150 Å². The second kappa shape index (κ2) is 6.33. The first-order chi connectivity index (χ1) is 12.2. The van der Waals surface area contributed by atoms with Gasteiger partial charge in [0.05, 0.1) is 15.9 Å². The van der Waals surface area contributed by atoms with E-state index in [1.807, 2.05) is 43.3 Å². The molecule has 0 spiro atoms. The highest BCUT2D eigenvalue weighted by Gasteiger charge is 2.13. The Bertz CT molecular complexity index is 1050. The van der Waals surface area contributed by atoms with Gasteiger partial charge < -0.3 is 5.32 Å². The van der Waals surface area contributed by atoms with E-state index >= 15 is 0 Å². The molecule has 2 aromatic carbocycles. The van der Waals surface area contributed by atoms with Crippen LogP contribution in [0, 0.1) is 0 Å². The predicted octanol–water partition coefficient (Wildman–Crippen LogP) is 4.74. The van der Waals surface area contributed by atoms with E-state index in [1.54, 1.807) is 11.3 Å². The Kier molecular flexibility index (Phi) is 4.01. The molecule has 1 atom stereocenters. The smallest absolute Gasteiger partial charge is 0.251 e. The molecule has 2 aromatic heterocycles. The summed E-state index contributed by atoms with van der Waals surface area (Å²) in [7, 11) is 0. The minimum atomic E-state index is -0.0211. The van der Waals surface area contributed by atoms with E-state index in [9.17, 15) is 4.79 Å². The van der Waals surface area contributed by atoms with Gasteiger partial charge in [0.1, 0.15) is 0 Å². The lowest BCUT2D eigenvalue weighted by atomic mass is 10.1. The zero-order valence-electron chi connectivity index (χ0n) is 14.2. The lowest BCUT2D eigenvalue weighted by molar-refractivity contribution is 0.0939. The molecule has 1 amide bonds. The predicted molar refractivity (Wildman–Crippen MR) is 103 cm³/mol. The molecular weight excluding hydrogens is 330 g/mol. The van der Waals surface area contributed by atoms with Crippen LogP contribution in [0.3, 0.4) is 0 Å². The topological polar surface area (TPSA) is 46.4 Å². The molecule has 0 saturated heterocycles. The molecule has 0 saturated carbocycles. The van der Waals surface area contributed by atoms with Crippen LogP contribution in [0.15, 0.2) is 54.7 Å². The van der Waals surface area contributed by atoms with Gasteiger partial charge in [-0.1, -0.05) is 48.6 Å². The van der Waals surface area contributed by atoms with Crippen LogP contribution in [0.5, 0.6) is 0 Å². The highest BCUT2D eigenvalue weighted by atomic mass is 32.1.